The Morgan fingerprint density at radius 2 is 2.03 bits per heavy atom. The van der Waals surface area contributed by atoms with E-state index < -0.39 is 6.10 Å². The number of aromatic nitrogens is 4. The van der Waals surface area contributed by atoms with Gasteiger partial charge in [0.15, 0.2) is 5.65 Å². The van der Waals surface area contributed by atoms with Crippen molar-refractivity contribution in [1.29, 1.82) is 0 Å². The molecule has 12 heteroatoms. The number of carbonyl (C=O) groups excluding carboxylic acids is 1. The van der Waals surface area contributed by atoms with Crippen LogP contribution in [0.3, 0.4) is 0 Å². The molecule has 0 bridgehead atoms. The van der Waals surface area contributed by atoms with E-state index in [-0.39, 0.29) is 34.8 Å². The molecule has 3 aromatic heterocycles. The summed E-state index contributed by atoms with van der Waals surface area (Å²) < 4.78 is 8.57. The van der Waals surface area contributed by atoms with Crippen molar-refractivity contribution < 1.29 is 14.6 Å². The van der Waals surface area contributed by atoms with Gasteiger partial charge in [0.2, 0.25) is 0 Å². The van der Waals surface area contributed by atoms with E-state index in [1.807, 2.05) is 0 Å². The number of pyridine rings is 1. The summed E-state index contributed by atoms with van der Waals surface area (Å²) in [5, 5.41) is 23.4. The summed E-state index contributed by atoms with van der Waals surface area (Å²) >= 11 is 6.34. The predicted molar refractivity (Wildman–Crippen MR) is 127 cm³/mol. The van der Waals surface area contributed by atoms with Crippen LogP contribution in [-0.2, 0) is 4.74 Å². The summed E-state index contributed by atoms with van der Waals surface area (Å²) in [6, 6.07) is 2.99. The van der Waals surface area contributed by atoms with Crippen LogP contribution in [0.2, 0.25) is 5.02 Å². The Morgan fingerprint density at radius 1 is 1.24 bits per heavy atom. The lowest BCUT2D eigenvalue weighted by molar-refractivity contribution is 0.0448. The van der Waals surface area contributed by atoms with Crippen molar-refractivity contribution in [3.8, 4) is 0 Å². The van der Waals surface area contributed by atoms with Crippen molar-refractivity contribution in [2.45, 2.75) is 43.9 Å². The second-order valence-corrected chi connectivity index (χ2v) is 8.98. The van der Waals surface area contributed by atoms with Gasteiger partial charge in [-0.05, 0) is 31.7 Å². The number of anilines is 3. The fourth-order valence-corrected chi connectivity index (χ4v) is 4.51. The molecule has 1 amide bonds. The van der Waals surface area contributed by atoms with Crippen LogP contribution in [0, 0.1) is 0 Å². The maximum Gasteiger partial charge on any atom is 0.274 e. The Bertz CT molecular complexity index is 1280. The highest BCUT2D eigenvalue weighted by Gasteiger charge is 2.31. The lowest BCUT2D eigenvalue weighted by atomic mass is 9.89. The zero-order chi connectivity index (χ0) is 23.8. The summed E-state index contributed by atoms with van der Waals surface area (Å²) in [7, 11) is 1.72. The molecule has 0 aromatic carbocycles. The highest BCUT2D eigenvalue weighted by molar-refractivity contribution is 6.30. The molecule has 4 N–H and O–H groups in total. The molecule has 0 spiro atoms. The lowest BCUT2D eigenvalue weighted by Crippen LogP contribution is -2.50. The first-order valence-electron chi connectivity index (χ1n) is 11.3. The van der Waals surface area contributed by atoms with Crippen molar-refractivity contribution in [3.63, 3.8) is 0 Å². The number of rotatable bonds is 6. The van der Waals surface area contributed by atoms with Gasteiger partial charge in [-0.25, -0.2) is 4.98 Å². The van der Waals surface area contributed by atoms with Gasteiger partial charge >= 0.3 is 0 Å². The van der Waals surface area contributed by atoms with Crippen LogP contribution in [0.4, 0.5) is 17.3 Å². The third-order valence-electron chi connectivity index (χ3n) is 6.38. The molecule has 1 aliphatic carbocycles. The number of nitrogens with one attached hydrogen (secondary N) is 3. The van der Waals surface area contributed by atoms with Crippen molar-refractivity contribution in [2.24, 2.45) is 0 Å². The van der Waals surface area contributed by atoms with Crippen LogP contribution in [0.5, 0.6) is 0 Å². The number of fused-ring (bicyclic) bond motifs is 1. The molecular weight excluding hydrogens is 462 g/mol. The first-order valence-corrected chi connectivity index (χ1v) is 11.6. The highest BCUT2D eigenvalue weighted by Crippen LogP contribution is 2.25. The van der Waals surface area contributed by atoms with E-state index in [0.29, 0.717) is 41.9 Å². The molecule has 0 unspecified atom stereocenters. The molecule has 3 aromatic rings. The minimum atomic E-state index is -0.537. The van der Waals surface area contributed by atoms with E-state index in [4.69, 9.17) is 16.3 Å². The molecule has 1 aliphatic heterocycles. The third kappa shape index (κ3) is 4.22. The Hall–Kier alpha value is -3.15. The minimum absolute atomic E-state index is 0.00999. The first kappa shape index (κ1) is 22.6. The summed E-state index contributed by atoms with van der Waals surface area (Å²) in [6.45, 7) is 1.19. The zero-order valence-electron chi connectivity index (χ0n) is 18.6. The second kappa shape index (κ2) is 9.24. The fraction of sp³-hybridized carbons (Fsp3) is 0.455. The summed E-state index contributed by atoms with van der Waals surface area (Å²) in [5.74, 6) is 0.560. The zero-order valence-corrected chi connectivity index (χ0v) is 19.4. The lowest BCUT2D eigenvalue weighted by Gasteiger charge is -2.32. The van der Waals surface area contributed by atoms with E-state index in [1.165, 1.54) is 10.7 Å². The van der Waals surface area contributed by atoms with Gasteiger partial charge in [-0.3, -0.25) is 9.59 Å². The molecule has 4 heterocycles. The SMILES string of the molecule is CNc1cc(Nc2cc(Cl)cn(C3CCOCC3)c2=O)nc2c(C(=O)N[C@H]3CC[C@@H]3O)cnn12. The molecule has 2 atom stereocenters. The monoisotopic (exact) mass is 487 g/mol. The van der Waals surface area contributed by atoms with Crippen LogP contribution in [0.15, 0.2) is 29.3 Å². The van der Waals surface area contributed by atoms with Gasteiger partial charge in [0.05, 0.1) is 23.4 Å². The van der Waals surface area contributed by atoms with Gasteiger partial charge in [-0.2, -0.15) is 9.61 Å². The topological polar surface area (TPSA) is 135 Å². The minimum Gasteiger partial charge on any atom is -0.391 e. The Balaban J connectivity index is 1.49. The number of ether oxygens (including phenoxy) is 1. The maximum atomic E-state index is 13.2. The molecule has 0 radical (unpaired) electrons. The van der Waals surface area contributed by atoms with Gasteiger partial charge in [-0.1, -0.05) is 11.6 Å². The molecule has 11 nitrogen and oxygen atoms in total. The number of halogens is 1. The van der Waals surface area contributed by atoms with Gasteiger partial charge < -0.3 is 30.4 Å². The molecular formula is C22H26ClN7O4. The van der Waals surface area contributed by atoms with Crippen LogP contribution in [0.25, 0.3) is 5.65 Å². The van der Waals surface area contributed by atoms with Crippen molar-refractivity contribution in [2.75, 3.05) is 30.9 Å². The normalized spacial score (nSPS) is 20.7. The summed E-state index contributed by atoms with van der Waals surface area (Å²) in [5.41, 5.74) is 0.646. The van der Waals surface area contributed by atoms with Gasteiger partial charge in [0, 0.05) is 38.6 Å². The van der Waals surface area contributed by atoms with Crippen LogP contribution in [-0.4, -0.2) is 62.6 Å². The molecule has 5 rings (SSSR count). The second-order valence-electron chi connectivity index (χ2n) is 8.55. The van der Waals surface area contributed by atoms with E-state index in [0.717, 1.165) is 19.3 Å². The number of hydrogen-bond donors (Lipinski definition) is 4. The molecule has 2 fully saturated rings. The van der Waals surface area contributed by atoms with Crippen molar-refractivity contribution in [3.05, 3.63) is 45.5 Å². The van der Waals surface area contributed by atoms with Crippen LogP contribution >= 0.6 is 11.6 Å². The van der Waals surface area contributed by atoms with Gasteiger partial charge in [0.1, 0.15) is 22.9 Å². The number of nitrogens with zero attached hydrogens (tertiary/aromatic N) is 4. The number of hydrogen-bond acceptors (Lipinski definition) is 8. The summed E-state index contributed by atoms with van der Waals surface area (Å²) in [6.07, 6.45) is 5.41. The molecule has 1 saturated carbocycles. The Kier molecular flexibility index (Phi) is 6.15. The van der Waals surface area contributed by atoms with E-state index in [2.05, 4.69) is 26.0 Å². The van der Waals surface area contributed by atoms with E-state index >= 15 is 0 Å². The Labute approximate surface area is 200 Å². The maximum absolute atomic E-state index is 13.2. The first-order chi connectivity index (χ1) is 16.4. The van der Waals surface area contributed by atoms with Gasteiger partial charge in [-0.15, -0.1) is 0 Å². The highest BCUT2D eigenvalue weighted by atomic mass is 35.5. The number of aliphatic hydroxyl groups excluding tert-OH is 1. The molecule has 180 valence electrons. The van der Waals surface area contributed by atoms with Crippen LogP contribution in [0.1, 0.15) is 42.1 Å². The molecule has 34 heavy (non-hydrogen) atoms. The number of aliphatic hydroxyl groups is 1. The Morgan fingerprint density at radius 3 is 2.71 bits per heavy atom. The quantitative estimate of drug-likeness (QED) is 0.414. The third-order valence-corrected chi connectivity index (χ3v) is 6.59. The number of carbonyl (C=O) groups is 1. The summed E-state index contributed by atoms with van der Waals surface area (Å²) in [4.78, 5) is 30.6. The van der Waals surface area contributed by atoms with Gasteiger partial charge in [0.25, 0.3) is 11.5 Å². The largest absolute Gasteiger partial charge is 0.391 e. The van der Waals surface area contributed by atoms with Crippen molar-refractivity contribution >= 4 is 40.5 Å². The van der Waals surface area contributed by atoms with E-state index in [1.54, 1.807) is 29.9 Å². The predicted octanol–water partition coefficient (Wildman–Crippen LogP) is 1.93. The van der Waals surface area contributed by atoms with Crippen LogP contribution < -0.4 is 21.5 Å². The number of amides is 1. The standard InChI is InChI=1S/C22H26ClN7O4/c1-24-19-9-18(26-16-8-12(23)11-29(22(16)33)13-4-6-34-7-5-13)28-20-14(10-25-30(19)20)21(32)27-15-2-3-17(15)31/h8-11,13,15,17,24,31H,2-7H2,1H3,(H,26,28)(H,27,32)/t15-,17-/m0/s1. The van der Waals surface area contributed by atoms with Crippen molar-refractivity contribution in [1.82, 2.24) is 24.5 Å². The molecule has 1 saturated heterocycles. The fourth-order valence-electron chi connectivity index (χ4n) is 4.29. The van der Waals surface area contributed by atoms with E-state index in [9.17, 15) is 14.7 Å². The average molecular weight is 488 g/mol. The smallest absolute Gasteiger partial charge is 0.274 e. The average Bonchev–Trinajstić information content (AvgIpc) is 3.27. The molecule has 2 aliphatic rings.